The van der Waals surface area contributed by atoms with Crippen LogP contribution in [0.25, 0.3) is 0 Å². The average molecular weight is 295 g/mol. The number of hydrogen-bond acceptors (Lipinski definition) is 7. The Bertz CT molecular complexity index is 748. The maximum atomic E-state index is 8.88. The van der Waals surface area contributed by atoms with E-state index in [1.165, 1.54) is 6.20 Å². The second-order valence-corrected chi connectivity index (χ2v) is 5.79. The lowest BCUT2D eigenvalue weighted by atomic mass is 10.1. The zero-order valence-corrected chi connectivity index (χ0v) is 12.6. The highest BCUT2D eigenvalue weighted by molar-refractivity contribution is 5.51. The fourth-order valence-corrected chi connectivity index (χ4v) is 2.42. The van der Waals surface area contributed by atoms with E-state index in [-0.39, 0.29) is 5.82 Å². The SMILES string of the molecule is CC(C)Cc1ncc2c(n1)CN(c1ncc(C#N)c(N)n1)C2. The van der Waals surface area contributed by atoms with Gasteiger partial charge in [0.2, 0.25) is 5.95 Å². The van der Waals surface area contributed by atoms with Crippen molar-refractivity contribution in [3.05, 3.63) is 35.0 Å². The summed E-state index contributed by atoms with van der Waals surface area (Å²) in [4.78, 5) is 19.4. The number of nitrogen functional groups attached to an aromatic ring is 1. The normalized spacial score (nSPS) is 13.3. The van der Waals surface area contributed by atoms with E-state index in [1.54, 1.807) is 0 Å². The predicted octanol–water partition coefficient (Wildman–Crippen LogP) is 1.44. The van der Waals surface area contributed by atoms with E-state index in [0.717, 1.165) is 23.5 Å². The lowest BCUT2D eigenvalue weighted by Crippen LogP contribution is -2.18. The quantitative estimate of drug-likeness (QED) is 0.913. The number of anilines is 2. The molecule has 0 saturated heterocycles. The molecule has 2 aromatic heterocycles. The zero-order valence-electron chi connectivity index (χ0n) is 12.6. The summed E-state index contributed by atoms with van der Waals surface area (Å²) in [5.74, 6) is 2.11. The van der Waals surface area contributed by atoms with Gasteiger partial charge in [-0.1, -0.05) is 13.8 Å². The summed E-state index contributed by atoms with van der Waals surface area (Å²) in [5.41, 5.74) is 8.14. The highest BCUT2D eigenvalue weighted by atomic mass is 15.3. The molecule has 2 N–H and O–H groups in total. The van der Waals surface area contributed by atoms with Crippen LogP contribution in [0.2, 0.25) is 0 Å². The van der Waals surface area contributed by atoms with Crippen molar-refractivity contribution in [1.82, 2.24) is 19.9 Å². The van der Waals surface area contributed by atoms with Crippen molar-refractivity contribution in [3.63, 3.8) is 0 Å². The van der Waals surface area contributed by atoms with Crippen molar-refractivity contribution in [1.29, 1.82) is 5.26 Å². The Balaban J connectivity index is 1.82. The van der Waals surface area contributed by atoms with Crippen molar-refractivity contribution in [2.45, 2.75) is 33.4 Å². The fraction of sp³-hybridized carbons (Fsp3) is 0.400. The maximum absolute atomic E-state index is 8.88. The molecule has 112 valence electrons. The van der Waals surface area contributed by atoms with Crippen LogP contribution < -0.4 is 10.6 Å². The van der Waals surface area contributed by atoms with Crippen LogP contribution in [0.3, 0.4) is 0 Å². The number of aromatic nitrogens is 4. The molecule has 0 spiro atoms. The summed E-state index contributed by atoms with van der Waals surface area (Å²) in [7, 11) is 0. The predicted molar refractivity (Wildman–Crippen MR) is 81.6 cm³/mol. The number of hydrogen-bond donors (Lipinski definition) is 1. The topological polar surface area (TPSA) is 105 Å². The van der Waals surface area contributed by atoms with Crippen molar-refractivity contribution >= 4 is 11.8 Å². The molecule has 0 fully saturated rings. The van der Waals surface area contributed by atoms with Gasteiger partial charge in [0, 0.05) is 24.7 Å². The van der Waals surface area contributed by atoms with Gasteiger partial charge in [-0.3, -0.25) is 0 Å². The Morgan fingerprint density at radius 2 is 2.09 bits per heavy atom. The lowest BCUT2D eigenvalue weighted by molar-refractivity contribution is 0.617. The molecule has 0 bridgehead atoms. The fourth-order valence-electron chi connectivity index (χ4n) is 2.42. The molecule has 7 nitrogen and oxygen atoms in total. The van der Waals surface area contributed by atoms with E-state index in [2.05, 4.69) is 33.8 Å². The van der Waals surface area contributed by atoms with Gasteiger partial charge >= 0.3 is 0 Å². The number of fused-ring (bicyclic) bond motifs is 1. The van der Waals surface area contributed by atoms with Crippen LogP contribution in [0.4, 0.5) is 11.8 Å². The van der Waals surface area contributed by atoms with Crippen LogP contribution in [-0.4, -0.2) is 19.9 Å². The molecule has 0 aliphatic carbocycles. The molecular weight excluding hydrogens is 278 g/mol. The Morgan fingerprint density at radius 3 is 2.77 bits per heavy atom. The summed E-state index contributed by atoms with van der Waals surface area (Å²) >= 11 is 0. The third-order valence-electron chi connectivity index (χ3n) is 3.51. The van der Waals surface area contributed by atoms with Gasteiger partial charge in [-0.25, -0.2) is 15.0 Å². The first-order valence-electron chi connectivity index (χ1n) is 7.18. The van der Waals surface area contributed by atoms with E-state index < -0.39 is 0 Å². The van der Waals surface area contributed by atoms with Gasteiger partial charge in [0.25, 0.3) is 0 Å². The highest BCUT2D eigenvalue weighted by Gasteiger charge is 2.24. The molecule has 3 rings (SSSR count). The van der Waals surface area contributed by atoms with Crippen molar-refractivity contribution in [2.24, 2.45) is 5.92 Å². The van der Waals surface area contributed by atoms with Crippen LogP contribution in [0.5, 0.6) is 0 Å². The van der Waals surface area contributed by atoms with Gasteiger partial charge in [-0.2, -0.15) is 10.2 Å². The molecule has 22 heavy (non-hydrogen) atoms. The standard InChI is InChI=1S/C15H17N7/c1-9(2)3-13-18-6-11-7-22(8-12(11)20-13)15-19-5-10(4-16)14(17)21-15/h5-6,9H,3,7-8H2,1-2H3,(H2,17,19,21). The Kier molecular flexibility index (Phi) is 3.59. The molecule has 0 radical (unpaired) electrons. The monoisotopic (exact) mass is 295 g/mol. The molecule has 0 aromatic carbocycles. The van der Waals surface area contributed by atoms with Crippen LogP contribution >= 0.6 is 0 Å². The highest BCUT2D eigenvalue weighted by Crippen LogP contribution is 2.25. The third-order valence-corrected chi connectivity index (χ3v) is 3.51. The number of nitrogens with two attached hydrogens (primary N) is 1. The molecule has 2 aromatic rings. The van der Waals surface area contributed by atoms with Gasteiger partial charge < -0.3 is 10.6 Å². The van der Waals surface area contributed by atoms with Crippen molar-refractivity contribution < 1.29 is 0 Å². The minimum Gasteiger partial charge on any atom is -0.382 e. The van der Waals surface area contributed by atoms with Crippen molar-refractivity contribution in [2.75, 3.05) is 10.6 Å². The van der Waals surface area contributed by atoms with E-state index in [0.29, 0.717) is 30.5 Å². The average Bonchev–Trinajstić information content (AvgIpc) is 2.89. The smallest absolute Gasteiger partial charge is 0.228 e. The molecule has 1 aliphatic rings. The molecule has 0 amide bonds. The maximum Gasteiger partial charge on any atom is 0.228 e. The Morgan fingerprint density at radius 1 is 1.27 bits per heavy atom. The lowest BCUT2D eigenvalue weighted by Gasteiger charge is -2.14. The second kappa shape index (κ2) is 5.56. The zero-order chi connectivity index (χ0) is 15.7. The summed E-state index contributed by atoms with van der Waals surface area (Å²) in [6.45, 7) is 5.59. The van der Waals surface area contributed by atoms with E-state index in [9.17, 15) is 0 Å². The molecule has 0 saturated carbocycles. The summed E-state index contributed by atoms with van der Waals surface area (Å²) in [6, 6.07) is 1.96. The van der Waals surface area contributed by atoms with Crippen LogP contribution in [0, 0.1) is 17.2 Å². The van der Waals surface area contributed by atoms with Crippen LogP contribution in [0.1, 0.15) is 36.5 Å². The number of nitriles is 1. The van der Waals surface area contributed by atoms with Gasteiger partial charge in [0.1, 0.15) is 23.3 Å². The summed E-state index contributed by atoms with van der Waals surface area (Å²) in [6.07, 6.45) is 4.21. The van der Waals surface area contributed by atoms with Gasteiger partial charge in [0.05, 0.1) is 18.4 Å². The van der Waals surface area contributed by atoms with Crippen molar-refractivity contribution in [3.8, 4) is 6.07 Å². The third kappa shape index (κ3) is 2.68. The van der Waals surface area contributed by atoms with Crippen LogP contribution in [0.15, 0.2) is 12.4 Å². The molecule has 0 atom stereocenters. The van der Waals surface area contributed by atoms with E-state index in [4.69, 9.17) is 11.0 Å². The van der Waals surface area contributed by atoms with Gasteiger partial charge in [0.15, 0.2) is 0 Å². The van der Waals surface area contributed by atoms with E-state index in [1.807, 2.05) is 17.2 Å². The number of rotatable bonds is 3. The first kappa shape index (κ1) is 14.2. The largest absolute Gasteiger partial charge is 0.382 e. The summed E-state index contributed by atoms with van der Waals surface area (Å²) in [5, 5.41) is 8.88. The molecule has 1 aliphatic heterocycles. The summed E-state index contributed by atoms with van der Waals surface area (Å²) < 4.78 is 0. The molecular formula is C15H17N7. The van der Waals surface area contributed by atoms with Gasteiger partial charge in [-0.15, -0.1) is 0 Å². The molecule has 3 heterocycles. The first-order valence-corrected chi connectivity index (χ1v) is 7.18. The Hall–Kier alpha value is -2.75. The second-order valence-electron chi connectivity index (χ2n) is 5.79. The Labute approximate surface area is 128 Å². The molecule has 0 unspecified atom stereocenters. The molecule has 7 heteroatoms. The minimum atomic E-state index is 0.204. The number of nitrogens with zero attached hydrogens (tertiary/aromatic N) is 6. The van der Waals surface area contributed by atoms with Crippen LogP contribution in [-0.2, 0) is 19.5 Å². The van der Waals surface area contributed by atoms with E-state index >= 15 is 0 Å². The van der Waals surface area contributed by atoms with Gasteiger partial charge in [-0.05, 0) is 5.92 Å². The first-order chi connectivity index (χ1) is 10.6. The minimum absolute atomic E-state index is 0.204.